The van der Waals surface area contributed by atoms with Gasteiger partial charge >= 0.3 is 5.97 Å². The van der Waals surface area contributed by atoms with Gasteiger partial charge in [-0.15, -0.1) is 0 Å². The smallest absolute Gasteiger partial charge is 0.303 e. The summed E-state index contributed by atoms with van der Waals surface area (Å²) in [6.45, 7) is 12.0. The van der Waals surface area contributed by atoms with Crippen LogP contribution in [0.1, 0.15) is 98.8 Å². The molecule has 9 atom stereocenters. The maximum Gasteiger partial charge on any atom is 0.303 e. The van der Waals surface area contributed by atoms with E-state index in [2.05, 4.69) is 34.6 Å². The van der Waals surface area contributed by atoms with E-state index >= 15 is 0 Å². The number of carboxylic acids is 1. The van der Waals surface area contributed by atoms with E-state index in [0.717, 1.165) is 12.3 Å². The molecule has 0 amide bonds. The van der Waals surface area contributed by atoms with Gasteiger partial charge in [0.25, 0.3) is 0 Å². The highest BCUT2D eigenvalue weighted by Crippen LogP contribution is 2.89. The minimum atomic E-state index is -0.633. The lowest BCUT2D eigenvalue weighted by atomic mass is 9.42. The predicted octanol–water partition coefficient (Wildman–Crippen LogP) is 5.90. The maximum atomic E-state index is 11.4. The summed E-state index contributed by atoms with van der Waals surface area (Å²) in [5.41, 5.74) is 1.72. The van der Waals surface area contributed by atoms with Crippen molar-refractivity contribution in [1.29, 1.82) is 0 Å². The van der Waals surface area contributed by atoms with Gasteiger partial charge in [0.2, 0.25) is 0 Å². The zero-order valence-corrected chi connectivity index (χ0v) is 19.3. The summed E-state index contributed by atoms with van der Waals surface area (Å²) in [6, 6.07) is 0. The Hall–Kier alpha value is -0.570. The molecule has 0 heterocycles. The van der Waals surface area contributed by atoms with Crippen molar-refractivity contribution in [1.82, 2.24) is 0 Å². The van der Waals surface area contributed by atoms with Gasteiger partial charge < -0.3 is 10.2 Å². The summed E-state index contributed by atoms with van der Waals surface area (Å²) in [5.74, 6) is 1.69. The number of carbonyl (C=O) groups is 1. The number of aliphatic hydroxyl groups is 1. The Morgan fingerprint density at radius 1 is 0.897 bits per heavy atom. The molecule has 0 aromatic heterocycles. The molecule has 29 heavy (non-hydrogen) atoms. The highest BCUT2D eigenvalue weighted by atomic mass is 16.4. The molecule has 0 aromatic carbocycles. The molecular formula is C26H42O3. The molecule has 0 unspecified atom stereocenters. The number of aliphatic hydroxyl groups excluding tert-OH is 1. The van der Waals surface area contributed by atoms with Gasteiger partial charge in [-0.25, -0.2) is 0 Å². The fraction of sp³-hybridized carbons (Fsp3) is 0.962. The van der Waals surface area contributed by atoms with Crippen molar-refractivity contribution in [3.05, 3.63) is 0 Å². The molecule has 3 heteroatoms. The van der Waals surface area contributed by atoms with Crippen LogP contribution in [-0.4, -0.2) is 22.3 Å². The maximum absolute atomic E-state index is 11.4. The number of hydrogen-bond acceptors (Lipinski definition) is 2. The minimum absolute atomic E-state index is 0.0581. The molecule has 0 radical (unpaired) electrons. The number of rotatable bonds is 3. The lowest BCUT2D eigenvalue weighted by molar-refractivity contribution is -0.162. The van der Waals surface area contributed by atoms with Gasteiger partial charge in [-0.2, -0.15) is 0 Å². The van der Waals surface area contributed by atoms with Crippen LogP contribution < -0.4 is 0 Å². The number of fused-ring (bicyclic) bond motifs is 2. The van der Waals surface area contributed by atoms with E-state index in [1.54, 1.807) is 0 Å². The fourth-order valence-corrected chi connectivity index (χ4v) is 10.7. The number of aliphatic carboxylic acids is 1. The normalized spacial score (nSPS) is 55.8. The number of carboxylic acid groups (broad SMARTS) is 1. The molecular weight excluding hydrogens is 360 g/mol. The molecule has 5 rings (SSSR count). The first-order chi connectivity index (χ1) is 13.4. The van der Waals surface area contributed by atoms with E-state index in [1.807, 2.05) is 0 Å². The van der Waals surface area contributed by atoms with Gasteiger partial charge in [0.15, 0.2) is 0 Å². The lowest BCUT2D eigenvalue weighted by Gasteiger charge is -2.63. The average molecular weight is 403 g/mol. The summed E-state index contributed by atoms with van der Waals surface area (Å²) in [4.78, 5) is 11.4. The number of hydrogen-bond donors (Lipinski definition) is 2. The zero-order valence-electron chi connectivity index (χ0n) is 19.3. The first-order valence-electron chi connectivity index (χ1n) is 12.3. The van der Waals surface area contributed by atoms with Gasteiger partial charge in [-0.05, 0) is 109 Å². The third-order valence-corrected chi connectivity index (χ3v) is 12.3. The molecule has 5 saturated carbocycles. The Labute approximate surface area is 177 Å². The summed E-state index contributed by atoms with van der Waals surface area (Å²) >= 11 is 0. The van der Waals surface area contributed by atoms with E-state index < -0.39 is 5.97 Å². The molecule has 2 spiro atoms. The minimum Gasteiger partial charge on any atom is -0.481 e. The highest BCUT2D eigenvalue weighted by molar-refractivity contribution is 5.67. The van der Waals surface area contributed by atoms with Crippen molar-refractivity contribution in [2.45, 2.75) is 105 Å². The Kier molecular flexibility index (Phi) is 4.07. The Balaban J connectivity index is 1.48. The molecule has 0 aromatic rings. The Bertz CT molecular complexity index is 729. The van der Waals surface area contributed by atoms with Gasteiger partial charge in [0.05, 0.1) is 6.10 Å². The quantitative estimate of drug-likeness (QED) is 0.618. The third kappa shape index (κ3) is 2.22. The van der Waals surface area contributed by atoms with Crippen molar-refractivity contribution in [2.75, 3.05) is 0 Å². The second kappa shape index (κ2) is 5.81. The van der Waals surface area contributed by atoms with Crippen LogP contribution in [0, 0.1) is 50.7 Å². The Morgan fingerprint density at radius 3 is 2.24 bits per heavy atom. The molecule has 5 aliphatic carbocycles. The topological polar surface area (TPSA) is 57.5 Å². The molecule has 5 aliphatic rings. The molecule has 5 fully saturated rings. The van der Waals surface area contributed by atoms with Crippen LogP contribution in [0.5, 0.6) is 0 Å². The first-order valence-corrected chi connectivity index (χ1v) is 12.3. The van der Waals surface area contributed by atoms with E-state index in [4.69, 9.17) is 0 Å². The van der Waals surface area contributed by atoms with Crippen LogP contribution in [0.2, 0.25) is 0 Å². The lowest BCUT2D eigenvalue weighted by Crippen LogP contribution is -2.57. The summed E-state index contributed by atoms with van der Waals surface area (Å²) < 4.78 is 0. The SMILES string of the molecule is C[C@H](CC(=O)O)[C@H]1CC[C@@]2(C)[C@@H]3CC[C@H]4C(C)(C)[C@@H](O)CC[C@@]45C[C@@]35CC[C@]12C. The van der Waals surface area contributed by atoms with Crippen molar-refractivity contribution < 1.29 is 15.0 Å². The largest absolute Gasteiger partial charge is 0.481 e. The van der Waals surface area contributed by atoms with Crippen LogP contribution in [-0.2, 0) is 4.79 Å². The molecule has 2 N–H and O–H groups in total. The monoisotopic (exact) mass is 402 g/mol. The summed E-state index contributed by atoms with van der Waals surface area (Å²) in [7, 11) is 0. The van der Waals surface area contributed by atoms with Crippen LogP contribution in [0.3, 0.4) is 0 Å². The van der Waals surface area contributed by atoms with Crippen LogP contribution >= 0.6 is 0 Å². The van der Waals surface area contributed by atoms with Crippen molar-refractivity contribution in [3.8, 4) is 0 Å². The fourth-order valence-electron chi connectivity index (χ4n) is 10.7. The standard InChI is InChI=1S/C26H42O3/c1-16(14-21(28)29)17-8-10-24(5)19-7-6-18-22(2,3)20(27)9-11-25(18)15-26(19,25)13-12-23(17,24)4/h16-20,27H,6-15H2,1-5H3,(H,28,29)/t16-,17-,18+,19+,20+,23-,24+,25-,26+/m1/s1. The second-order valence-electron chi connectivity index (χ2n) is 13.1. The van der Waals surface area contributed by atoms with Gasteiger partial charge in [0.1, 0.15) is 0 Å². The second-order valence-corrected chi connectivity index (χ2v) is 13.1. The van der Waals surface area contributed by atoms with Gasteiger partial charge in [-0.3, -0.25) is 4.79 Å². The molecule has 0 aliphatic heterocycles. The highest BCUT2D eigenvalue weighted by Gasteiger charge is 2.82. The molecule has 0 bridgehead atoms. The van der Waals surface area contributed by atoms with E-state index in [0.29, 0.717) is 34.5 Å². The molecule has 3 nitrogen and oxygen atoms in total. The average Bonchev–Trinajstić information content (AvgIpc) is 3.21. The third-order valence-electron chi connectivity index (χ3n) is 12.3. The molecule has 0 saturated heterocycles. The van der Waals surface area contributed by atoms with Crippen LogP contribution in [0.4, 0.5) is 0 Å². The Morgan fingerprint density at radius 2 is 1.55 bits per heavy atom. The zero-order chi connectivity index (χ0) is 21.0. The van der Waals surface area contributed by atoms with Crippen LogP contribution in [0.25, 0.3) is 0 Å². The van der Waals surface area contributed by atoms with Crippen molar-refractivity contribution in [3.63, 3.8) is 0 Å². The summed E-state index contributed by atoms with van der Waals surface area (Å²) in [5, 5.41) is 20.2. The van der Waals surface area contributed by atoms with Gasteiger partial charge in [0, 0.05) is 6.42 Å². The van der Waals surface area contributed by atoms with E-state index in [-0.39, 0.29) is 22.9 Å². The van der Waals surface area contributed by atoms with Crippen molar-refractivity contribution >= 4 is 5.97 Å². The van der Waals surface area contributed by atoms with Crippen LogP contribution in [0.15, 0.2) is 0 Å². The van der Waals surface area contributed by atoms with Crippen molar-refractivity contribution in [2.24, 2.45) is 50.7 Å². The van der Waals surface area contributed by atoms with E-state index in [9.17, 15) is 15.0 Å². The molecule has 164 valence electrons. The first kappa shape index (κ1) is 20.3. The predicted molar refractivity (Wildman–Crippen MR) is 114 cm³/mol. The van der Waals surface area contributed by atoms with Gasteiger partial charge in [-0.1, -0.05) is 34.6 Å². The van der Waals surface area contributed by atoms with E-state index in [1.165, 1.54) is 51.4 Å². The summed E-state index contributed by atoms with van der Waals surface area (Å²) in [6.07, 6.45) is 11.6.